The van der Waals surface area contributed by atoms with Crippen molar-refractivity contribution in [3.63, 3.8) is 0 Å². The van der Waals surface area contributed by atoms with Crippen LogP contribution in [0.15, 0.2) is 35.1 Å². The molecule has 0 radical (unpaired) electrons. The third-order valence-corrected chi connectivity index (χ3v) is 4.46. The molecule has 1 N–H and O–H groups in total. The van der Waals surface area contributed by atoms with Crippen LogP contribution in [0.2, 0.25) is 0 Å². The molecule has 0 aliphatic carbocycles. The Kier molecular flexibility index (Phi) is 4.48. The molecule has 1 aliphatic heterocycles. The number of aryl methyl sites for hydroxylation is 1. The Hall–Kier alpha value is -2.14. The van der Waals surface area contributed by atoms with E-state index in [4.69, 9.17) is 0 Å². The van der Waals surface area contributed by atoms with E-state index in [1.807, 2.05) is 11.5 Å². The third kappa shape index (κ3) is 3.29. The fourth-order valence-electron chi connectivity index (χ4n) is 3.15. The Morgan fingerprint density at radius 2 is 1.87 bits per heavy atom. The lowest BCUT2D eigenvalue weighted by Crippen LogP contribution is -2.25. The van der Waals surface area contributed by atoms with Gasteiger partial charge in [0.05, 0.1) is 12.2 Å². The number of halogens is 1. The van der Waals surface area contributed by atoms with Gasteiger partial charge < -0.3 is 9.67 Å². The van der Waals surface area contributed by atoms with Crippen LogP contribution >= 0.6 is 0 Å². The van der Waals surface area contributed by atoms with E-state index in [2.05, 4.69) is 4.90 Å². The summed E-state index contributed by atoms with van der Waals surface area (Å²) in [5.41, 5.74) is 1.47. The average Bonchev–Trinajstić information content (AvgIpc) is 3.03. The minimum atomic E-state index is -0.374. The summed E-state index contributed by atoms with van der Waals surface area (Å²) in [6, 6.07) is 8.00. The highest BCUT2D eigenvalue weighted by molar-refractivity contribution is 5.31. The molecule has 1 aromatic heterocycles. The molecule has 1 fully saturated rings. The number of pyridine rings is 1. The van der Waals surface area contributed by atoms with Gasteiger partial charge in [0, 0.05) is 23.9 Å². The maximum Gasteiger partial charge on any atom is 0.223 e. The molecule has 0 unspecified atom stereocenters. The number of likely N-dealkylation sites (tertiary alicyclic amines) is 1. The molecule has 1 aromatic carbocycles. The fourth-order valence-corrected chi connectivity index (χ4v) is 3.15. The largest absolute Gasteiger partial charge is 0.503 e. The lowest BCUT2D eigenvalue weighted by Gasteiger charge is -2.22. The molecule has 5 heteroatoms. The maximum atomic E-state index is 14.0. The molecular weight excluding hydrogens is 295 g/mol. The number of nitrogens with zero attached hydrogens (tertiary/aromatic N) is 2. The highest BCUT2D eigenvalue weighted by Crippen LogP contribution is 2.21. The van der Waals surface area contributed by atoms with Gasteiger partial charge in [-0.15, -0.1) is 0 Å². The molecule has 4 nitrogen and oxygen atoms in total. The van der Waals surface area contributed by atoms with E-state index in [1.54, 1.807) is 18.2 Å². The normalized spacial score (nSPS) is 15.2. The summed E-state index contributed by atoms with van der Waals surface area (Å²) in [4.78, 5) is 14.2. The van der Waals surface area contributed by atoms with Gasteiger partial charge in [-0.1, -0.05) is 18.2 Å². The molecule has 2 heterocycles. The van der Waals surface area contributed by atoms with E-state index in [0.717, 1.165) is 31.6 Å². The Labute approximate surface area is 134 Å². The quantitative estimate of drug-likeness (QED) is 0.943. The molecule has 0 amide bonds. The van der Waals surface area contributed by atoms with E-state index in [9.17, 15) is 14.3 Å². The van der Waals surface area contributed by atoms with Crippen molar-refractivity contribution >= 4 is 0 Å². The van der Waals surface area contributed by atoms with E-state index >= 15 is 0 Å². The molecule has 122 valence electrons. The minimum absolute atomic E-state index is 0.223. The average molecular weight is 316 g/mol. The monoisotopic (exact) mass is 316 g/mol. The van der Waals surface area contributed by atoms with Gasteiger partial charge in [0.2, 0.25) is 5.43 Å². The van der Waals surface area contributed by atoms with Crippen LogP contribution in [0.3, 0.4) is 0 Å². The number of aromatic hydroxyl groups is 1. The Morgan fingerprint density at radius 1 is 1.17 bits per heavy atom. The molecule has 0 saturated carbocycles. The predicted octanol–water partition coefficient (Wildman–Crippen LogP) is 2.65. The van der Waals surface area contributed by atoms with E-state index in [-0.39, 0.29) is 17.0 Å². The van der Waals surface area contributed by atoms with Crippen LogP contribution in [-0.2, 0) is 13.1 Å². The topological polar surface area (TPSA) is 45.5 Å². The maximum absolute atomic E-state index is 14.0. The standard InChI is InChI=1S/C18H21FN2O2/c1-13-10-17(22)18(23)16(12-20-8-4-5-9-20)21(13)11-14-6-2-3-7-15(14)19/h2-3,6-7,10,23H,4-5,8-9,11-12H2,1H3. The summed E-state index contributed by atoms with van der Waals surface area (Å²) >= 11 is 0. The third-order valence-electron chi connectivity index (χ3n) is 4.46. The van der Waals surface area contributed by atoms with Crippen LogP contribution in [0.5, 0.6) is 5.75 Å². The van der Waals surface area contributed by atoms with Crippen LogP contribution in [-0.4, -0.2) is 27.7 Å². The summed E-state index contributed by atoms with van der Waals surface area (Å²) < 4.78 is 15.8. The summed E-state index contributed by atoms with van der Waals surface area (Å²) in [7, 11) is 0. The molecular formula is C18H21FN2O2. The Morgan fingerprint density at radius 3 is 2.57 bits per heavy atom. The van der Waals surface area contributed by atoms with E-state index < -0.39 is 0 Å². The highest BCUT2D eigenvalue weighted by atomic mass is 19.1. The first-order valence-electron chi connectivity index (χ1n) is 7.94. The van der Waals surface area contributed by atoms with E-state index in [0.29, 0.717) is 24.3 Å². The van der Waals surface area contributed by atoms with Crippen molar-refractivity contribution in [2.24, 2.45) is 0 Å². The zero-order chi connectivity index (χ0) is 16.4. The fraction of sp³-hybridized carbons (Fsp3) is 0.389. The number of benzene rings is 1. The first-order chi connectivity index (χ1) is 11.1. The van der Waals surface area contributed by atoms with Gasteiger partial charge >= 0.3 is 0 Å². The molecule has 0 spiro atoms. The minimum Gasteiger partial charge on any atom is -0.503 e. The summed E-state index contributed by atoms with van der Waals surface area (Å²) in [5.74, 6) is -0.504. The summed E-state index contributed by atoms with van der Waals surface area (Å²) in [6.07, 6.45) is 2.26. The van der Waals surface area contributed by atoms with Gasteiger partial charge in [-0.2, -0.15) is 0 Å². The smallest absolute Gasteiger partial charge is 0.223 e. The van der Waals surface area contributed by atoms with Crippen LogP contribution < -0.4 is 5.43 Å². The zero-order valence-electron chi connectivity index (χ0n) is 13.3. The second kappa shape index (κ2) is 6.54. The Bertz CT molecular complexity index is 764. The number of rotatable bonds is 4. The SMILES string of the molecule is Cc1cc(=O)c(O)c(CN2CCCC2)n1Cc1ccccc1F. The molecule has 2 aromatic rings. The second-order valence-corrected chi connectivity index (χ2v) is 6.11. The lowest BCUT2D eigenvalue weighted by molar-refractivity contribution is 0.310. The van der Waals surface area contributed by atoms with Crippen molar-refractivity contribution in [1.82, 2.24) is 9.47 Å². The van der Waals surface area contributed by atoms with Gasteiger partial charge in [-0.05, 0) is 38.9 Å². The number of aromatic nitrogens is 1. The van der Waals surface area contributed by atoms with Crippen molar-refractivity contribution in [1.29, 1.82) is 0 Å². The lowest BCUT2D eigenvalue weighted by atomic mass is 10.1. The van der Waals surface area contributed by atoms with Gasteiger partial charge in [0.1, 0.15) is 5.82 Å². The van der Waals surface area contributed by atoms with Gasteiger partial charge in [0.25, 0.3) is 0 Å². The molecule has 3 rings (SSSR count). The zero-order valence-corrected chi connectivity index (χ0v) is 13.3. The summed E-state index contributed by atoms with van der Waals surface area (Å²) in [5, 5.41) is 10.3. The van der Waals surface area contributed by atoms with Crippen LogP contribution in [0, 0.1) is 12.7 Å². The van der Waals surface area contributed by atoms with Crippen molar-refractivity contribution in [3.05, 3.63) is 63.3 Å². The van der Waals surface area contributed by atoms with Crippen molar-refractivity contribution in [3.8, 4) is 5.75 Å². The van der Waals surface area contributed by atoms with Crippen LogP contribution in [0.4, 0.5) is 4.39 Å². The van der Waals surface area contributed by atoms with Gasteiger partial charge in [-0.25, -0.2) is 4.39 Å². The molecule has 0 atom stereocenters. The van der Waals surface area contributed by atoms with Crippen molar-refractivity contribution < 1.29 is 9.50 Å². The molecule has 0 bridgehead atoms. The van der Waals surface area contributed by atoms with Gasteiger partial charge in [0.15, 0.2) is 5.75 Å². The molecule has 23 heavy (non-hydrogen) atoms. The number of hydrogen-bond acceptors (Lipinski definition) is 3. The molecule has 1 saturated heterocycles. The van der Waals surface area contributed by atoms with Gasteiger partial charge in [-0.3, -0.25) is 9.69 Å². The predicted molar refractivity (Wildman–Crippen MR) is 87.1 cm³/mol. The van der Waals surface area contributed by atoms with Crippen molar-refractivity contribution in [2.75, 3.05) is 13.1 Å². The molecule has 1 aliphatic rings. The number of hydrogen-bond donors (Lipinski definition) is 1. The first-order valence-corrected chi connectivity index (χ1v) is 7.94. The van der Waals surface area contributed by atoms with Crippen LogP contribution in [0.25, 0.3) is 0 Å². The first kappa shape index (κ1) is 15.7. The van der Waals surface area contributed by atoms with E-state index in [1.165, 1.54) is 12.1 Å². The second-order valence-electron chi connectivity index (χ2n) is 6.11. The van der Waals surface area contributed by atoms with Crippen LogP contribution in [0.1, 0.15) is 29.8 Å². The summed E-state index contributed by atoms with van der Waals surface area (Å²) in [6.45, 7) is 4.55. The van der Waals surface area contributed by atoms with Crippen molar-refractivity contribution in [2.45, 2.75) is 32.9 Å². The highest BCUT2D eigenvalue weighted by Gasteiger charge is 2.19. The Balaban J connectivity index is 2.02.